The second-order valence-corrected chi connectivity index (χ2v) is 12.2. The maximum absolute atomic E-state index is 14.2. The third-order valence-corrected chi connectivity index (χ3v) is 10.7. The second kappa shape index (κ2) is 8.52. The predicted octanol–water partition coefficient (Wildman–Crippen LogP) is 6.04. The second-order valence-electron chi connectivity index (χ2n) is 12.2. The zero-order chi connectivity index (χ0) is 24.3. The van der Waals surface area contributed by atoms with Crippen molar-refractivity contribution >= 4 is 11.9 Å². The Labute approximate surface area is 209 Å². The zero-order valence-electron chi connectivity index (χ0n) is 21.5. The highest BCUT2D eigenvalue weighted by Crippen LogP contribution is 2.85. The van der Waals surface area contributed by atoms with Crippen molar-refractivity contribution < 1.29 is 19.1 Å². The molecule has 0 bridgehead atoms. The van der Waals surface area contributed by atoms with Gasteiger partial charge >= 0.3 is 5.97 Å². The molecule has 0 aromatic heterocycles. The quantitative estimate of drug-likeness (QED) is 0.427. The third-order valence-electron chi connectivity index (χ3n) is 10.7. The van der Waals surface area contributed by atoms with E-state index in [2.05, 4.69) is 6.92 Å². The highest BCUT2D eigenvalue weighted by molar-refractivity contribution is 6.08. The minimum absolute atomic E-state index is 0.0936. The molecule has 6 rings (SSSR count). The topological polar surface area (TPSA) is 55.8 Å². The number of carbonyl (C=O) groups is 2. The first kappa shape index (κ1) is 23.4. The number of nitrogens with zero attached hydrogens (tertiary/aromatic N) is 1. The lowest BCUT2D eigenvalue weighted by atomic mass is 9.72. The standard InChI is InChI=1S/C30H41NO4/c1-28-29(18-17-21-9-5-3-6-10-21)25(19-22-11-7-4-8-12-22)26(32)31(30(28,29)27(33)35-28)20-23-13-15-24(34-2)16-14-23/h13-16,21-22,25H,3-12,17-20H2,1-2H3/t25-,28-,29?,30?/m0/s1. The summed E-state index contributed by atoms with van der Waals surface area (Å²) in [6, 6.07) is 7.92. The molecule has 1 aromatic rings. The van der Waals surface area contributed by atoms with Gasteiger partial charge in [0.2, 0.25) is 5.91 Å². The van der Waals surface area contributed by atoms with Gasteiger partial charge in [-0.15, -0.1) is 0 Å². The smallest absolute Gasteiger partial charge is 0.337 e. The Morgan fingerprint density at radius 2 is 1.57 bits per heavy atom. The average molecular weight is 480 g/mol. The Morgan fingerprint density at radius 1 is 0.943 bits per heavy atom. The lowest BCUT2D eigenvalue weighted by Crippen LogP contribution is -2.60. The number of piperidine rings is 1. The summed E-state index contributed by atoms with van der Waals surface area (Å²) >= 11 is 0. The Morgan fingerprint density at radius 3 is 2.17 bits per heavy atom. The molecule has 3 aliphatic carbocycles. The summed E-state index contributed by atoms with van der Waals surface area (Å²) in [5, 5.41) is 0. The van der Waals surface area contributed by atoms with Crippen molar-refractivity contribution in [2.45, 2.75) is 108 Å². The van der Waals surface area contributed by atoms with Crippen molar-refractivity contribution in [3.05, 3.63) is 29.8 Å². The molecule has 2 aliphatic heterocycles. The van der Waals surface area contributed by atoms with Gasteiger partial charge in [-0.3, -0.25) is 4.79 Å². The average Bonchev–Trinajstić information content (AvgIpc) is 3.16. The van der Waals surface area contributed by atoms with Crippen LogP contribution >= 0.6 is 0 Å². The lowest BCUT2D eigenvalue weighted by molar-refractivity contribution is -0.191. The van der Waals surface area contributed by atoms with Crippen LogP contribution in [0.3, 0.4) is 0 Å². The van der Waals surface area contributed by atoms with E-state index in [0.717, 1.165) is 36.5 Å². The van der Waals surface area contributed by atoms with Crippen molar-refractivity contribution in [1.29, 1.82) is 0 Å². The van der Waals surface area contributed by atoms with Crippen LogP contribution in [0.25, 0.3) is 0 Å². The van der Waals surface area contributed by atoms with E-state index in [1.54, 1.807) is 7.11 Å². The molecule has 2 unspecified atom stereocenters. The fourth-order valence-corrected chi connectivity index (χ4v) is 8.95. The molecule has 0 radical (unpaired) electrons. The molecule has 2 heterocycles. The van der Waals surface area contributed by atoms with Crippen molar-refractivity contribution in [3.63, 3.8) is 0 Å². The number of ether oxygens (including phenoxy) is 2. The van der Waals surface area contributed by atoms with Crippen LogP contribution < -0.4 is 4.74 Å². The molecule has 4 atom stereocenters. The first-order valence-corrected chi connectivity index (χ1v) is 14.2. The molecular weight excluding hydrogens is 438 g/mol. The number of carbonyl (C=O) groups excluding carboxylic acids is 2. The van der Waals surface area contributed by atoms with Gasteiger partial charge in [0.05, 0.1) is 18.4 Å². The molecule has 5 fully saturated rings. The van der Waals surface area contributed by atoms with Crippen LogP contribution in [0, 0.1) is 23.2 Å². The van der Waals surface area contributed by atoms with E-state index >= 15 is 0 Å². The van der Waals surface area contributed by atoms with E-state index in [1.807, 2.05) is 29.2 Å². The molecule has 1 amide bonds. The Bertz CT molecular complexity index is 979. The molecular formula is C30H41NO4. The van der Waals surface area contributed by atoms with Crippen LogP contribution in [0.5, 0.6) is 5.75 Å². The number of amides is 1. The number of methoxy groups -OCH3 is 1. The highest BCUT2D eigenvalue weighted by atomic mass is 16.6. The number of rotatable bonds is 8. The first-order chi connectivity index (χ1) is 17.0. The molecule has 0 N–H and O–H groups in total. The maximum atomic E-state index is 14.2. The Balaban J connectivity index is 1.33. The van der Waals surface area contributed by atoms with Crippen LogP contribution in [0.2, 0.25) is 0 Å². The molecule has 190 valence electrons. The van der Waals surface area contributed by atoms with Crippen molar-refractivity contribution in [3.8, 4) is 5.75 Å². The minimum Gasteiger partial charge on any atom is -0.497 e. The van der Waals surface area contributed by atoms with E-state index in [-0.39, 0.29) is 23.2 Å². The predicted molar refractivity (Wildman–Crippen MR) is 134 cm³/mol. The van der Waals surface area contributed by atoms with Gasteiger partial charge in [-0.25, -0.2) is 4.79 Å². The number of esters is 1. The Hall–Kier alpha value is -2.04. The summed E-state index contributed by atoms with van der Waals surface area (Å²) in [5.74, 6) is 2.08. The van der Waals surface area contributed by atoms with Crippen LogP contribution in [-0.2, 0) is 20.9 Å². The fraction of sp³-hybridized carbons (Fsp3) is 0.733. The number of likely N-dealkylation sites (tertiary alicyclic amines) is 1. The summed E-state index contributed by atoms with van der Waals surface area (Å²) in [5.41, 5.74) is -0.589. The summed E-state index contributed by atoms with van der Waals surface area (Å²) in [7, 11) is 1.66. The van der Waals surface area contributed by atoms with E-state index in [0.29, 0.717) is 12.5 Å². The van der Waals surface area contributed by atoms with Gasteiger partial charge in [0.25, 0.3) is 0 Å². The van der Waals surface area contributed by atoms with Gasteiger partial charge in [-0.1, -0.05) is 76.3 Å². The third kappa shape index (κ3) is 3.12. The van der Waals surface area contributed by atoms with Gasteiger partial charge < -0.3 is 14.4 Å². The largest absolute Gasteiger partial charge is 0.497 e. The monoisotopic (exact) mass is 479 g/mol. The molecule has 5 heteroatoms. The fourth-order valence-electron chi connectivity index (χ4n) is 8.95. The molecule has 5 nitrogen and oxygen atoms in total. The van der Waals surface area contributed by atoms with Gasteiger partial charge in [-0.2, -0.15) is 0 Å². The van der Waals surface area contributed by atoms with E-state index in [9.17, 15) is 9.59 Å². The maximum Gasteiger partial charge on any atom is 0.337 e. The minimum atomic E-state index is -0.759. The summed E-state index contributed by atoms with van der Waals surface area (Å²) in [6.07, 6.45) is 15.9. The van der Waals surface area contributed by atoms with E-state index in [4.69, 9.17) is 9.47 Å². The zero-order valence-corrected chi connectivity index (χ0v) is 21.5. The molecule has 3 saturated carbocycles. The normalized spacial score (nSPS) is 36.9. The molecule has 35 heavy (non-hydrogen) atoms. The highest BCUT2D eigenvalue weighted by Gasteiger charge is 3.05. The van der Waals surface area contributed by atoms with Crippen molar-refractivity contribution in [2.24, 2.45) is 23.2 Å². The van der Waals surface area contributed by atoms with E-state index < -0.39 is 11.1 Å². The molecule has 1 spiro atoms. The number of hydrogen-bond acceptors (Lipinski definition) is 4. The number of benzene rings is 1. The van der Waals surface area contributed by atoms with Crippen LogP contribution in [0.1, 0.15) is 96.0 Å². The van der Waals surface area contributed by atoms with Gasteiger partial charge in [0, 0.05) is 6.54 Å². The lowest BCUT2D eigenvalue weighted by Gasteiger charge is -2.40. The van der Waals surface area contributed by atoms with Crippen LogP contribution in [0.4, 0.5) is 0 Å². The summed E-state index contributed by atoms with van der Waals surface area (Å²) in [6.45, 7) is 2.61. The molecule has 2 saturated heterocycles. The number of fused-ring (bicyclic) bond motifs is 1. The van der Waals surface area contributed by atoms with Gasteiger partial charge in [-0.05, 0) is 55.7 Å². The summed E-state index contributed by atoms with van der Waals surface area (Å²) in [4.78, 5) is 29.5. The first-order valence-electron chi connectivity index (χ1n) is 14.2. The Kier molecular flexibility index (Phi) is 5.69. The van der Waals surface area contributed by atoms with Crippen LogP contribution in [-0.4, -0.2) is 35.0 Å². The van der Waals surface area contributed by atoms with Crippen molar-refractivity contribution in [1.82, 2.24) is 4.90 Å². The van der Waals surface area contributed by atoms with Gasteiger partial charge in [0.15, 0.2) is 11.1 Å². The SMILES string of the molecule is COc1ccc(CN2C(=O)[C@H](CC3CCCCC3)C3(CCC4CCCCC4)C24C(=O)O[C@@]34C)cc1. The van der Waals surface area contributed by atoms with Crippen molar-refractivity contribution in [2.75, 3.05) is 7.11 Å². The van der Waals surface area contributed by atoms with E-state index in [1.165, 1.54) is 64.2 Å². The molecule has 5 aliphatic rings. The molecule has 1 aromatic carbocycles. The number of hydrogen-bond donors (Lipinski definition) is 0. The van der Waals surface area contributed by atoms with Gasteiger partial charge in [0.1, 0.15) is 5.75 Å². The van der Waals surface area contributed by atoms with Crippen LogP contribution in [0.15, 0.2) is 24.3 Å². The summed E-state index contributed by atoms with van der Waals surface area (Å²) < 4.78 is 11.3.